The molecule has 1 N–H and O–H groups in total. The molecule has 2 fully saturated rings. The highest BCUT2D eigenvalue weighted by Gasteiger charge is 2.41. The number of aliphatic hydroxyl groups excluding tert-OH is 1. The Labute approximate surface area is 202 Å². The maximum absolute atomic E-state index is 13.5. The third-order valence-corrected chi connectivity index (χ3v) is 7.42. The summed E-state index contributed by atoms with van der Waals surface area (Å²) in [4.78, 5) is 14.3. The van der Waals surface area contributed by atoms with Gasteiger partial charge in [0.15, 0.2) is 0 Å². The minimum absolute atomic E-state index is 0.124. The van der Waals surface area contributed by atoms with Crippen molar-refractivity contribution < 1.29 is 18.3 Å². The van der Waals surface area contributed by atoms with Crippen molar-refractivity contribution in [2.75, 3.05) is 44.2 Å². The van der Waals surface area contributed by atoms with E-state index in [0.29, 0.717) is 30.9 Å². The quantitative estimate of drug-likeness (QED) is 0.701. The van der Waals surface area contributed by atoms with Gasteiger partial charge < -0.3 is 10.0 Å². The summed E-state index contributed by atoms with van der Waals surface area (Å²) in [6.45, 7) is 4.95. The molecule has 3 heterocycles. The van der Waals surface area contributed by atoms with E-state index in [2.05, 4.69) is 19.8 Å². The van der Waals surface area contributed by atoms with Crippen LogP contribution in [0.25, 0.3) is 0 Å². The first-order valence-electron chi connectivity index (χ1n) is 11.9. The van der Waals surface area contributed by atoms with E-state index in [0.717, 1.165) is 56.2 Å². The summed E-state index contributed by atoms with van der Waals surface area (Å²) in [5.74, 6) is -0.711. The Kier molecular flexibility index (Phi) is 6.72. The summed E-state index contributed by atoms with van der Waals surface area (Å²) in [6, 6.07) is 7.73. The smallest absolute Gasteiger partial charge is 0.390 e. The monoisotopic (exact) mass is 495 g/mol. The molecule has 2 aliphatic heterocycles. The van der Waals surface area contributed by atoms with Crippen LogP contribution >= 0.6 is 11.6 Å². The third-order valence-electron chi connectivity index (χ3n) is 7.17. The molecule has 10 heteroatoms. The molecule has 5 rings (SSSR count). The van der Waals surface area contributed by atoms with Gasteiger partial charge in [0, 0.05) is 62.1 Å². The van der Waals surface area contributed by atoms with Crippen LogP contribution in [0.4, 0.5) is 19.0 Å². The molecule has 1 aromatic heterocycles. The predicted molar refractivity (Wildman–Crippen MR) is 124 cm³/mol. The number of hydrogen-bond donors (Lipinski definition) is 1. The van der Waals surface area contributed by atoms with Gasteiger partial charge in [-0.25, -0.2) is 9.97 Å². The summed E-state index contributed by atoms with van der Waals surface area (Å²) in [7, 11) is 0. The number of benzene rings is 1. The number of aromatic nitrogens is 2. The molecule has 0 amide bonds. The van der Waals surface area contributed by atoms with Gasteiger partial charge in [-0.3, -0.25) is 9.80 Å². The molecule has 2 atom stereocenters. The Morgan fingerprint density at radius 2 is 1.68 bits per heavy atom. The van der Waals surface area contributed by atoms with E-state index in [1.807, 2.05) is 29.2 Å². The van der Waals surface area contributed by atoms with Crippen LogP contribution in [-0.2, 0) is 25.6 Å². The van der Waals surface area contributed by atoms with Crippen molar-refractivity contribution in [2.24, 2.45) is 0 Å². The topological polar surface area (TPSA) is 55.7 Å². The molecule has 1 aromatic carbocycles. The van der Waals surface area contributed by atoms with E-state index in [9.17, 15) is 18.3 Å². The average molecular weight is 496 g/mol. The van der Waals surface area contributed by atoms with Crippen molar-refractivity contribution in [2.45, 2.75) is 50.6 Å². The largest absolute Gasteiger partial charge is 0.451 e. The van der Waals surface area contributed by atoms with Crippen molar-refractivity contribution in [3.8, 4) is 0 Å². The highest BCUT2D eigenvalue weighted by Crippen LogP contribution is 2.35. The third kappa shape index (κ3) is 5.03. The first kappa shape index (κ1) is 23.8. The van der Waals surface area contributed by atoms with Crippen LogP contribution in [0.15, 0.2) is 24.3 Å². The fourth-order valence-electron chi connectivity index (χ4n) is 5.36. The molecular weight excluding hydrogens is 467 g/mol. The molecular formula is C24H29ClF3N5O. The zero-order valence-electron chi connectivity index (χ0n) is 18.9. The molecule has 34 heavy (non-hydrogen) atoms. The zero-order valence-corrected chi connectivity index (χ0v) is 19.7. The zero-order chi connectivity index (χ0) is 23.9. The second-order valence-electron chi connectivity index (χ2n) is 9.48. The molecule has 6 nitrogen and oxygen atoms in total. The number of anilines is 1. The number of β-amino-alcohol motifs (C(OH)–C–C–N with tert-alkyl or cyclic N) is 1. The minimum atomic E-state index is -4.58. The van der Waals surface area contributed by atoms with Crippen molar-refractivity contribution in [3.05, 3.63) is 51.9 Å². The lowest BCUT2D eigenvalue weighted by Gasteiger charge is -2.38. The van der Waals surface area contributed by atoms with Gasteiger partial charge in [0.2, 0.25) is 5.82 Å². The van der Waals surface area contributed by atoms with E-state index >= 15 is 0 Å². The molecule has 184 valence electrons. The number of halogens is 4. The van der Waals surface area contributed by atoms with Crippen molar-refractivity contribution in [3.63, 3.8) is 0 Å². The fraction of sp³-hybridized carbons (Fsp3) is 0.583. The molecule has 0 radical (unpaired) electrons. The number of piperazine rings is 1. The van der Waals surface area contributed by atoms with E-state index in [-0.39, 0.29) is 12.6 Å². The standard InChI is InChI=1S/C24H29ClF3N5O/c25-17-7-5-16(6-8-17)13-31-9-11-32(12-10-31)20-14-33(15-21(20)34)22-18-3-1-2-4-19(18)29-23(30-22)24(26,27)28/h5-8,20-21,34H,1-4,9-15H2. The molecule has 2 aromatic rings. The lowest BCUT2D eigenvalue weighted by atomic mass is 9.96. The van der Waals surface area contributed by atoms with Gasteiger partial charge in [-0.1, -0.05) is 23.7 Å². The summed E-state index contributed by atoms with van der Waals surface area (Å²) in [5.41, 5.74) is 2.54. The average Bonchev–Trinajstić information content (AvgIpc) is 3.21. The Hall–Kier alpha value is -1.94. The molecule has 1 aliphatic carbocycles. The summed E-state index contributed by atoms with van der Waals surface area (Å²) < 4.78 is 40.4. The van der Waals surface area contributed by atoms with Crippen LogP contribution in [0.1, 0.15) is 35.5 Å². The summed E-state index contributed by atoms with van der Waals surface area (Å²) in [6.07, 6.45) is -2.23. The van der Waals surface area contributed by atoms with E-state index in [1.54, 1.807) is 0 Å². The molecule has 0 spiro atoms. The number of aliphatic hydroxyl groups is 1. The molecule has 3 aliphatic rings. The van der Waals surface area contributed by atoms with Gasteiger partial charge in [0.1, 0.15) is 5.82 Å². The molecule has 0 saturated carbocycles. The lowest BCUT2D eigenvalue weighted by molar-refractivity contribution is -0.145. The van der Waals surface area contributed by atoms with Crippen LogP contribution in [0.2, 0.25) is 5.02 Å². The SMILES string of the molecule is OC1CN(c2nc(C(F)(F)F)nc3c2CCCC3)CC1N1CCN(Cc2ccc(Cl)cc2)CC1. The predicted octanol–water partition coefficient (Wildman–Crippen LogP) is 3.39. The Morgan fingerprint density at radius 1 is 0.971 bits per heavy atom. The first-order valence-corrected chi connectivity index (χ1v) is 12.3. The number of aryl methyl sites for hydroxylation is 1. The number of alkyl halides is 3. The summed E-state index contributed by atoms with van der Waals surface area (Å²) in [5, 5.41) is 11.6. The first-order chi connectivity index (χ1) is 16.3. The van der Waals surface area contributed by atoms with Crippen LogP contribution in [0.3, 0.4) is 0 Å². The molecule has 0 bridgehead atoms. The van der Waals surface area contributed by atoms with Crippen LogP contribution in [-0.4, -0.2) is 76.3 Å². The minimum Gasteiger partial charge on any atom is -0.390 e. The van der Waals surface area contributed by atoms with Gasteiger partial charge in [-0.2, -0.15) is 13.2 Å². The number of rotatable bonds is 4. The molecule has 2 saturated heterocycles. The van der Waals surface area contributed by atoms with Crippen LogP contribution < -0.4 is 4.90 Å². The van der Waals surface area contributed by atoms with Gasteiger partial charge in [0.05, 0.1) is 12.1 Å². The maximum atomic E-state index is 13.5. The normalized spacial score (nSPS) is 24.4. The van der Waals surface area contributed by atoms with Crippen LogP contribution in [0.5, 0.6) is 0 Å². The summed E-state index contributed by atoms with van der Waals surface area (Å²) >= 11 is 5.97. The van der Waals surface area contributed by atoms with Crippen molar-refractivity contribution >= 4 is 17.4 Å². The second kappa shape index (κ2) is 9.60. The van der Waals surface area contributed by atoms with E-state index in [4.69, 9.17) is 11.6 Å². The fourth-order valence-corrected chi connectivity index (χ4v) is 5.49. The number of nitrogens with zero attached hydrogens (tertiary/aromatic N) is 5. The Balaban J connectivity index is 1.26. The maximum Gasteiger partial charge on any atom is 0.451 e. The van der Waals surface area contributed by atoms with Crippen molar-refractivity contribution in [1.82, 2.24) is 19.8 Å². The highest BCUT2D eigenvalue weighted by atomic mass is 35.5. The van der Waals surface area contributed by atoms with E-state index in [1.165, 1.54) is 5.56 Å². The Morgan fingerprint density at radius 3 is 2.38 bits per heavy atom. The second-order valence-corrected chi connectivity index (χ2v) is 9.92. The van der Waals surface area contributed by atoms with Crippen molar-refractivity contribution in [1.29, 1.82) is 0 Å². The Bertz CT molecular complexity index is 1010. The van der Waals surface area contributed by atoms with Gasteiger partial charge >= 0.3 is 6.18 Å². The highest BCUT2D eigenvalue weighted by molar-refractivity contribution is 6.30. The van der Waals surface area contributed by atoms with Gasteiger partial charge in [0.25, 0.3) is 0 Å². The van der Waals surface area contributed by atoms with Gasteiger partial charge in [-0.15, -0.1) is 0 Å². The number of fused-ring (bicyclic) bond motifs is 1. The van der Waals surface area contributed by atoms with Crippen LogP contribution in [0, 0.1) is 0 Å². The lowest BCUT2D eigenvalue weighted by Crippen LogP contribution is -2.53. The van der Waals surface area contributed by atoms with E-state index < -0.39 is 18.1 Å². The molecule has 2 unspecified atom stereocenters. The number of hydrogen-bond acceptors (Lipinski definition) is 6. The van der Waals surface area contributed by atoms with Gasteiger partial charge in [-0.05, 0) is 43.4 Å².